The van der Waals surface area contributed by atoms with Gasteiger partial charge in [-0.05, 0) is 25.3 Å². The molecule has 1 aliphatic rings. The van der Waals surface area contributed by atoms with E-state index in [1.165, 1.54) is 0 Å². The van der Waals surface area contributed by atoms with E-state index in [9.17, 15) is 14.4 Å². The minimum Gasteiger partial charge on any atom is -0.473 e. The number of carbonyl (C=O) groups is 3. The SMILES string of the molecule is CCOC(=O)[C@@H]1CC[C@@H](NOCc2ccccc2)CN1OC(=O)C(=O)O. The molecule has 0 amide bonds. The summed E-state index contributed by atoms with van der Waals surface area (Å²) in [5.74, 6) is -3.75. The van der Waals surface area contributed by atoms with Crippen LogP contribution in [0, 0.1) is 0 Å². The average molecular weight is 366 g/mol. The number of esters is 1. The third-order valence-corrected chi connectivity index (χ3v) is 3.80. The molecule has 0 radical (unpaired) electrons. The van der Waals surface area contributed by atoms with Gasteiger partial charge in [-0.25, -0.2) is 9.59 Å². The lowest BCUT2D eigenvalue weighted by atomic mass is 10.0. The summed E-state index contributed by atoms with van der Waals surface area (Å²) in [6.45, 7) is 2.28. The molecule has 0 saturated carbocycles. The van der Waals surface area contributed by atoms with E-state index < -0.39 is 23.9 Å². The Morgan fingerprint density at radius 2 is 1.96 bits per heavy atom. The molecule has 9 heteroatoms. The van der Waals surface area contributed by atoms with E-state index in [-0.39, 0.29) is 19.2 Å². The van der Waals surface area contributed by atoms with E-state index in [0.717, 1.165) is 10.6 Å². The number of ether oxygens (including phenoxy) is 1. The molecule has 1 heterocycles. The second-order valence-corrected chi connectivity index (χ2v) is 5.72. The van der Waals surface area contributed by atoms with Crippen molar-refractivity contribution in [2.45, 2.75) is 38.5 Å². The molecule has 2 atom stereocenters. The topological polar surface area (TPSA) is 114 Å². The van der Waals surface area contributed by atoms with E-state index in [4.69, 9.17) is 19.5 Å². The number of rotatable bonds is 7. The van der Waals surface area contributed by atoms with Crippen molar-refractivity contribution in [2.24, 2.45) is 0 Å². The number of nitrogens with zero attached hydrogens (tertiary/aromatic N) is 1. The lowest BCUT2D eigenvalue weighted by molar-refractivity contribution is -0.222. The largest absolute Gasteiger partial charge is 0.473 e. The average Bonchev–Trinajstić information content (AvgIpc) is 2.63. The normalized spacial score (nSPS) is 20.3. The summed E-state index contributed by atoms with van der Waals surface area (Å²) in [5, 5.41) is 9.76. The van der Waals surface area contributed by atoms with Gasteiger partial charge in [0.25, 0.3) is 0 Å². The number of aliphatic carboxylic acids is 1. The molecule has 0 aromatic heterocycles. The molecular weight excluding hydrogens is 344 g/mol. The van der Waals surface area contributed by atoms with Gasteiger partial charge in [-0.3, -0.25) is 9.63 Å². The fourth-order valence-electron chi connectivity index (χ4n) is 2.57. The van der Waals surface area contributed by atoms with E-state index in [0.29, 0.717) is 19.4 Å². The van der Waals surface area contributed by atoms with Crippen molar-refractivity contribution in [2.75, 3.05) is 13.2 Å². The van der Waals surface area contributed by atoms with Crippen molar-refractivity contribution in [1.29, 1.82) is 0 Å². The molecule has 26 heavy (non-hydrogen) atoms. The highest BCUT2D eigenvalue weighted by atomic mass is 16.7. The molecule has 0 spiro atoms. The van der Waals surface area contributed by atoms with E-state index in [1.807, 2.05) is 30.3 Å². The van der Waals surface area contributed by atoms with Crippen LogP contribution in [0.3, 0.4) is 0 Å². The molecule has 1 saturated heterocycles. The van der Waals surface area contributed by atoms with Crippen LogP contribution < -0.4 is 5.48 Å². The van der Waals surface area contributed by atoms with Crippen molar-refractivity contribution in [1.82, 2.24) is 10.5 Å². The first-order valence-corrected chi connectivity index (χ1v) is 8.31. The molecule has 2 N–H and O–H groups in total. The second kappa shape index (κ2) is 9.85. The first kappa shape index (κ1) is 19.8. The number of hydroxylamine groups is 3. The highest BCUT2D eigenvalue weighted by Gasteiger charge is 2.38. The first-order chi connectivity index (χ1) is 12.5. The maximum Gasteiger partial charge on any atom is 0.436 e. The summed E-state index contributed by atoms with van der Waals surface area (Å²) in [7, 11) is 0. The molecule has 0 bridgehead atoms. The highest BCUT2D eigenvalue weighted by Crippen LogP contribution is 2.20. The number of hydrogen-bond acceptors (Lipinski definition) is 8. The summed E-state index contributed by atoms with van der Waals surface area (Å²) >= 11 is 0. The maximum atomic E-state index is 12.0. The van der Waals surface area contributed by atoms with Gasteiger partial charge in [-0.1, -0.05) is 30.3 Å². The Hall–Kier alpha value is -2.49. The number of carboxylic acid groups (broad SMARTS) is 1. The molecule has 1 fully saturated rings. The van der Waals surface area contributed by atoms with Gasteiger partial charge in [-0.15, -0.1) is 5.06 Å². The molecule has 2 rings (SSSR count). The molecule has 1 aromatic rings. The van der Waals surface area contributed by atoms with E-state index >= 15 is 0 Å². The van der Waals surface area contributed by atoms with Gasteiger partial charge >= 0.3 is 17.9 Å². The molecule has 142 valence electrons. The third kappa shape index (κ3) is 5.80. The first-order valence-electron chi connectivity index (χ1n) is 8.31. The van der Waals surface area contributed by atoms with Crippen LogP contribution in [0.15, 0.2) is 30.3 Å². The Morgan fingerprint density at radius 1 is 1.23 bits per heavy atom. The van der Waals surface area contributed by atoms with Crippen LogP contribution in [0.25, 0.3) is 0 Å². The van der Waals surface area contributed by atoms with Crippen molar-refractivity contribution < 1.29 is 33.9 Å². The maximum absolute atomic E-state index is 12.0. The van der Waals surface area contributed by atoms with Gasteiger partial charge < -0.3 is 14.7 Å². The predicted molar refractivity (Wildman–Crippen MR) is 88.2 cm³/mol. The summed E-state index contributed by atoms with van der Waals surface area (Å²) < 4.78 is 4.96. The van der Waals surface area contributed by atoms with Crippen molar-refractivity contribution >= 4 is 17.9 Å². The van der Waals surface area contributed by atoms with Crippen molar-refractivity contribution in [3.05, 3.63) is 35.9 Å². The highest BCUT2D eigenvalue weighted by molar-refractivity contribution is 6.28. The molecule has 0 aliphatic carbocycles. The number of nitrogens with one attached hydrogen (secondary N) is 1. The summed E-state index contributed by atoms with van der Waals surface area (Å²) in [6, 6.07) is 8.45. The van der Waals surface area contributed by atoms with E-state index in [2.05, 4.69) is 5.48 Å². The monoisotopic (exact) mass is 366 g/mol. The zero-order valence-corrected chi connectivity index (χ0v) is 14.4. The van der Waals surface area contributed by atoms with E-state index in [1.54, 1.807) is 6.92 Å². The van der Waals surface area contributed by atoms with Gasteiger partial charge in [0.2, 0.25) is 0 Å². The quantitative estimate of drug-likeness (QED) is 0.408. The minimum atomic E-state index is -1.73. The number of carboxylic acids is 1. The standard InChI is InChI=1S/C17H22N2O7/c1-2-24-16(22)14-9-8-13(10-19(14)26-17(23)15(20)21)18-25-11-12-6-4-3-5-7-12/h3-7,13-14,18H,2,8-11H2,1H3,(H,20,21)/t13-,14+/m1/s1. The lowest BCUT2D eigenvalue weighted by Gasteiger charge is -2.35. The van der Waals surface area contributed by atoms with Gasteiger partial charge in [0.1, 0.15) is 6.04 Å². The Morgan fingerprint density at radius 3 is 2.62 bits per heavy atom. The Balaban J connectivity index is 1.91. The number of carbonyl (C=O) groups excluding carboxylic acids is 2. The molecule has 0 unspecified atom stereocenters. The Labute approximate surface area is 150 Å². The Kier molecular flexibility index (Phi) is 7.52. The fourth-order valence-corrected chi connectivity index (χ4v) is 2.57. The van der Waals surface area contributed by atoms with Crippen molar-refractivity contribution in [3.8, 4) is 0 Å². The molecule has 1 aliphatic heterocycles. The number of hydrogen-bond donors (Lipinski definition) is 2. The smallest absolute Gasteiger partial charge is 0.436 e. The van der Waals surface area contributed by atoms with Crippen LogP contribution in [-0.4, -0.2) is 53.3 Å². The Bertz CT molecular complexity index is 623. The van der Waals surface area contributed by atoms with Crippen LogP contribution >= 0.6 is 0 Å². The van der Waals surface area contributed by atoms with Crippen LogP contribution in [0.2, 0.25) is 0 Å². The van der Waals surface area contributed by atoms with Crippen LogP contribution in [-0.2, 0) is 35.4 Å². The van der Waals surface area contributed by atoms with Gasteiger partial charge in [0, 0.05) is 6.04 Å². The minimum absolute atomic E-state index is 0.0945. The summed E-state index contributed by atoms with van der Waals surface area (Å²) in [4.78, 5) is 44.4. The lowest BCUT2D eigenvalue weighted by Crippen LogP contribution is -2.54. The zero-order chi connectivity index (χ0) is 18.9. The summed E-state index contributed by atoms with van der Waals surface area (Å²) in [6.07, 6.45) is 0.900. The number of benzene rings is 1. The van der Waals surface area contributed by atoms with Gasteiger partial charge in [0.05, 0.1) is 19.8 Å². The summed E-state index contributed by atoms with van der Waals surface area (Å²) in [5.41, 5.74) is 3.84. The zero-order valence-electron chi connectivity index (χ0n) is 14.4. The fraction of sp³-hybridized carbons (Fsp3) is 0.471. The predicted octanol–water partition coefficient (Wildman–Crippen LogP) is 0.647. The van der Waals surface area contributed by atoms with Crippen LogP contribution in [0.4, 0.5) is 0 Å². The van der Waals surface area contributed by atoms with Crippen LogP contribution in [0.5, 0.6) is 0 Å². The van der Waals surface area contributed by atoms with Crippen molar-refractivity contribution in [3.63, 3.8) is 0 Å². The molecule has 9 nitrogen and oxygen atoms in total. The van der Waals surface area contributed by atoms with Gasteiger partial charge in [0.15, 0.2) is 0 Å². The molecular formula is C17H22N2O7. The van der Waals surface area contributed by atoms with Crippen LogP contribution in [0.1, 0.15) is 25.3 Å². The second-order valence-electron chi connectivity index (χ2n) is 5.72. The molecule has 1 aromatic carbocycles. The third-order valence-electron chi connectivity index (χ3n) is 3.80. The number of piperidine rings is 1. The van der Waals surface area contributed by atoms with Gasteiger partial charge in [-0.2, -0.15) is 5.48 Å².